The maximum atomic E-state index is 12.6. The molecule has 2 rings (SSSR count). The summed E-state index contributed by atoms with van der Waals surface area (Å²) in [6.07, 6.45) is 3.26. The Hall–Kier alpha value is -1.64. The maximum Gasteiger partial charge on any atom is 0.241 e. The van der Waals surface area contributed by atoms with Crippen molar-refractivity contribution in [3.8, 4) is 0 Å². The normalized spacial score (nSPS) is 12.7. The fourth-order valence-electron chi connectivity index (χ4n) is 2.22. The highest BCUT2D eigenvalue weighted by molar-refractivity contribution is 9.10. The Morgan fingerprint density at radius 3 is 2.56 bits per heavy atom. The van der Waals surface area contributed by atoms with Crippen molar-refractivity contribution in [2.45, 2.75) is 37.1 Å². The van der Waals surface area contributed by atoms with Crippen LogP contribution >= 0.6 is 15.9 Å². The van der Waals surface area contributed by atoms with Crippen LogP contribution in [0, 0.1) is 0 Å². The summed E-state index contributed by atoms with van der Waals surface area (Å²) in [6, 6.07) is 8.81. The molecule has 0 bridgehead atoms. The van der Waals surface area contributed by atoms with Crippen molar-refractivity contribution < 1.29 is 17.6 Å². The second kappa shape index (κ2) is 9.17. The lowest BCUT2D eigenvalue weighted by atomic mass is 10.1. The van der Waals surface area contributed by atoms with E-state index in [2.05, 4.69) is 26.0 Å². The highest BCUT2D eigenvalue weighted by Gasteiger charge is 2.25. The molecule has 0 saturated carbocycles. The molecule has 1 heterocycles. The lowest BCUT2D eigenvalue weighted by molar-refractivity contribution is -0.121. The van der Waals surface area contributed by atoms with Gasteiger partial charge in [-0.2, -0.15) is 4.72 Å². The van der Waals surface area contributed by atoms with Gasteiger partial charge in [0, 0.05) is 11.0 Å². The van der Waals surface area contributed by atoms with E-state index in [0.717, 1.165) is 17.3 Å². The van der Waals surface area contributed by atoms with E-state index in [0.29, 0.717) is 12.3 Å². The van der Waals surface area contributed by atoms with Crippen molar-refractivity contribution in [3.05, 3.63) is 52.9 Å². The smallest absolute Gasteiger partial charge is 0.241 e. The number of amides is 1. The summed E-state index contributed by atoms with van der Waals surface area (Å²) in [6.45, 7) is 2.60. The van der Waals surface area contributed by atoms with Gasteiger partial charge in [0.25, 0.3) is 0 Å². The number of benzene rings is 1. The predicted molar refractivity (Wildman–Crippen MR) is 98.4 cm³/mol. The molecule has 1 atom stereocenters. The molecule has 25 heavy (non-hydrogen) atoms. The zero-order chi connectivity index (χ0) is 18.3. The van der Waals surface area contributed by atoms with E-state index in [4.69, 9.17) is 4.42 Å². The van der Waals surface area contributed by atoms with Crippen LogP contribution in [0.15, 0.2) is 56.4 Å². The number of unbranched alkanes of at least 4 members (excludes halogenated alkanes) is 1. The van der Waals surface area contributed by atoms with Crippen LogP contribution in [0.2, 0.25) is 0 Å². The second-order valence-corrected chi connectivity index (χ2v) is 8.18. The first kappa shape index (κ1) is 19.7. The first-order chi connectivity index (χ1) is 11.9. The minimum atomic E-state index is -3.78. The van der Waals surface area contributed by atoms with Gasteiger partial charge in [0.05, 0.1) is 23.6 Å². The van der Waals surface area contributed by atoms with Crippen LogP contribution in [-0.4, -0.2) is 20.9 Å². The average Bonchev–Trinajstić information content (AvgIpc) is 3.09. The summed E-state index contributed by atoms with van der Waals surface area (Å²) < 4.78 is 33.8. The number of hydrogen-bond acceptors (Lipinski definition) is 4. The van der Waals surface area contributed by atoms with Crippen LogP contribution < -0.4 is 10.0 Å². The molecule has 2 aromatic rings. The number of furan rings is 1. The van der Waals surface area contributed by atoms with E-state index >= 15 is 0 Å². The third kappa shape index (κ3) is 5.98. The molecule has 0 spiro atoms. The Labute approximate surface area is 156 Å². The Balaban J connectivity index is 2.13. The van der Waals surface area contributed by atoms with Crippen LogP contribution in [0.4, 0.5) is 0 Å². The molecule has 0 aliphatic heterocycles. The first-order valence-corrected chi connectivity index (χ1v) is 10.3. The van der Waals surface area contributed by atoms with E-state index in [1.165, 1.54) is 18.4 Å². The quantitative estimate of drug-likeness (QED) is 0.599. The van der Waals surface area contributed by atoms with Gasteiger partial charge in [-0.3, -0.25) is 4.79 Å². The van der Waals surface area contributed by atoms with Crippen LogP contribution in [0.3, 0.4) is 0 Å². The van der Waals surface area contributed by atoms with Crippen LogP contribution in [0.5, 0.6) is 0 Å². The molecule has 0 aliphatic carbocycles. The van der Waals surface area contributed by atoms with Crippen molar-refractivity contribution in [1.82, 2.24) is 10.0 Å². The van der Waals surface area contributed by atoms with Crippen molar-refractivity contribution in [2.24, 2.45) is 0 Å². The van der Waals surface area contributed by atoms with Crippen molar-refractivity contribution >= 4 is 31.9 Å². The molecular formula is C17H21BrN2O4S. The third-order valence-corrected chi connectivity index (χ3v) is 5.57. The number of rotatable bonds is 9. The Morgan fingerprint density at radius 1 is 1.24 bits per heavy atom. The SMILES string of the molecule is CCCCNC(=O)CC(NS(=O)(=O)c1ccc(Br)cc1)c1ccco1. The van der Waals surface area contributed by atoms with Crippen LogP contribution in [-0.2, 0) is 14.8 Å². The minimum absolute atomic E-state index is 0.0347. The van der Waals surface area contributed by atoms with Crippen LogP contribution in [0.1, 0.15) is 38.0 Å². The predicted octanol–water partition coefficient (Wildman–Crippen LogP) is 3.37. The standard InChI is InChI=1S/C17H21BrN2O4S/c1-2-3-10-19-17(21)12-15(16-5-4-11-24-16)20-25(22,23)14-8-6-13(18)7-9-14/h4-9,11,15,20H,2-3,10,12H2,1H3,(H,19,21). The number of sulfonamides is 1. The molecule has 0 aliphatic rings. The molecule has 1 aromatic carbocycles. The van der Waals surface area contributed by atoms with E-state index < -0.39 is 16.1 Å². The Kier molecular flexibility index (Phi) is 7.22. The van der Waals surface area contributed by atoms with Crippen LogP contribution in [0.25, 0.3) is 0 Å². The zero-order valence-corrected chi connectivity index (χ0v) is 16.3. The van der Waals surface area contributed by atoms with Gasteiger partial charge >= 0.3 is 0 Å². The molecular weight excluding hydrogens is 408 g/mol. The number of nitrogens with one attached hydrogen (secondary N) is 2. The molecule has 1 amide bonds. The highest BCUT2D eigenvalue weighted by Crippen LogP contribution is 2.22. The maximum absolute atomic E-state index is 12.6. The number of halogens is 1. The largest absolute Gasteiger partial charge is 0.468 e. The fraction of sp³-hybridized carbons (Fsp3) is 0.353. The lowest BCUT2D eigenvalue weighted by Crippen LogP contribution is -2.34. The molecule has 0 radical (unpaired) electrons. The highest BCUT2D eigenvalue weighted by atomic mass is 79.9. The first-order valence-electron chi connectivity index (χ1n) is 8.00. The van der Waals surface area contributed by atoms with Gasteiger partial charge in [-0.1, -0.05) is 29.3 Å². The zero-order valence-electron chi connectivity index (χ0n) is 13.9. The van der Waals surface area contributed by atoms with E-state index in [1.54, 1.807) is 24.3 Å². The Bertz CT molecular complexity index is 773. The van der Waals surface area contributed by atoms with Gasteiger partial charge < -0.3 is 9.73 Å². The fourth-order valence-corrected chi connectivity index (χ4v) is 3.69. The summed E-state index contributed by atoms with van der Waals surface area (Å²) in [5.41, 5.74) is 0. The van der Waals surface area contributed by atoms with Gasteiger partial charge in [-0.25, -0.2) is 8.42 Å². The molecule has 136 valence electrons. The molecule has 0 saturated heterocycles. The van der Waals surface area contributed by atoms with E-state index in [9.17, 15) is 13.2 Å². The number of hydrogen-bond donors (Lipinski definition) is 2. The Morgan fingerprint density at radius 2 is 1.96 bits per heavy atom. The van der Waals surface area contributed by atoms with Crippen molar-refractivity contribution in [1.29, 1.82) is 0 Å². The minimum Gasteiger partial charge on any atom is -0.468 e. The van der Waals surface area contributed by atoms with Crippen molar-refractivity contribution in [3.63, 3.8) is 0 Å². The monoisotopic (exact) mass is 428 g/mol. The second-order valence-electron chi connectivity index (χ2n) is 5.55. The summed E-state index contributed by atoms with van der Waals surface area (Å²) in [4.78, 5) is 12.2. The lowest BCUT2D eigenvalue weighted by Gasteiger charge is -2.17. The van der Waals surface area contributed by atoms with Gasteiger partial charge in [-0.05, 0) is 42.8 Å². The molecule has 0 fully saturated rings. The summed E-state index contributed by atoms with van der Waals surface area (Å²) in [7, 11) is -3.78. The average molecular weight is 429 g/mol. The summed E-state index contributed by atoms with van der Waals surface area (Å²) in [5.74, 6) is 0.166. The van der Waals surface area contributed by atoms with Gasteiger partial charge in [0.1, 0.15) is 5.76 Å². The third-order valence-electron chi connectivity index (χ3n) is 3.55. The molecule has 6 nitrogen and oxygen atoms in total. The van der Waals surface area contributed by atoms with Gasteiger partial charge in [0.15, 0.2) is 0 Å². The number of carbonyl (C=O) groups is 1. The topological polar surface area (TPSA) is 88.4 Å². The van der Waals surface area contributed by atoms with Gasteiger partial charge in [0.2, 0.25) is 15.9 Å². The molecule has 1 aromatic heterocycles. The van der Waals surface area contributed by atoms with E-state index in [-0.39, 0.29) is 17.2 Å². The summed E-state index contributed by atoms with van der Waals surface area (Å²) in [5, 5.41) is 2.79. The molecule has 8 heteroatoms. The molecule has 1 unspecified atom stereocenters. The van der Waals surface area contributed by atoms with Gasteiger partial charge in [-0.15, -0.1) is 0 Å². The molecule has 2 N–H and O–H groups in total. The summed E-state index contributed by atoms with van der Waals surface area (Å²) >= 11 is 3.27. The number of carbonyl (C=O) groups excluding carboxylic acids is 1. The van der Waals surface area contributed by atoms with Crippen molar-refractivity contribution in [2.75, 3.05) is 6.54 Å². The van der Waals surface area contributed by atoms with E-state index in [1.807, 2.05) is 6.92 Å².